The Hall–Kier alpha value is -2.13. The summed E-state index contributed by atoms with van der Waals surface area (Å²) in [7, 11) is -0.106. The first-order chi connectivity index (χ1) is 13.1. The van der Waals surface area contributed by atoms with Crippen LogP contribution >= 0.6 is 0 Å². The number of carbonyl (C=O) groups is 2. The number of amides is 2. The summed E-state index contributed by atoms with van der Waals surface area (Å²) in [6.45, 7) is 1.65. The lowest BCUT2D eigenvalue weighted by Gasteiger charge is -2.32. The van der Waals surface area contributed by atoms with Crippen molar-refractivity contribution in [3.05, 3.63) is 29.8 Å². The maximum Gasteiger partial charge on any atom is 0.227 e. The molecule has 1 atom stereocenters. The van der Waals surface area contributed by atoms with E-state index < -0.39 is 15.4 Å². The number of sulfonamides is 1. The van der Waals surface area contributed by atoms with E-state index >= 15 is 0 Å². The van der Waals surface area contributed by atoms with Gasteiger partial charge in [-0.15, -0.1) is 0 Å². The number of benzene rings is 1. The molecule has 2 aliphatic heterocycles. The number of hydrogen-bond acceptors (Lipinski definition) is 5. The third-order valence-corrected chi connectivity index (χ3v) is 6.77. The molecule has 0 N–H and O–H groups in total. The van der Waals surface area contributed by atoms with Crippen molar-refractivity contribution in [2.24, 2.45) is 5.41 Å². The standard InChI is InChI=1S/C19H27N3O5S/c1-20-12-19(11-18(20)24)13-21(8-9-22(14-19)28(3,25)26)17(23)10-15-4-6-16(27-2)7-5-15/h4-7H,8-14H2,1-3H3/t19-/m1/s1. The van der Waals surface area contributed by atoms with Gasteiger partial charge in [0, 0.05) is 51.6 Å². The molecule has 154 valence electrons. The third-order valence-electron chi connectivity index (χ3n) is 5.52. The molecule has 28 heavy (non-hydrogen) atoms. The molecule has 2 fully saturated rings. The summed E-state index contributed by atoms with van der Waals surface area (Å²) in [5.74, 6) is 0.640. The Morgan fingerprint density at radius 3 is 2.36 bits per heavy atom. The Bertz CT molecular complexity index is 855. The summed E-state index contributed by atoms with van der Waals surface area (Å²) in [6, 6.07) is 7.31. The van der Waals surface area contributed by atoms with Crippen LogP contribution in [0.4, 0.5) is 0 Å². The maximum atomic E-state index is 13.0. The monoisotopic (exact) mass is 409 g/mol. The van der Waals surface area contributed by atoms with Crippen molar-refractivity contribution in [1.82, 2.24) is 14.1 Å². The van der Waals surface area contributed by atoms with Gasteiger partial charge in [0.05, 0.1) is 19.8 Å². The smallest absolute Gasteiger partial charge is 0.227 e. The first kappa shape index (κ1) is 20.6. The molecule has 2 heterocycles. The van der Waals surface area contributed by atoms with Gasteiger partial charge in [0.2, 0.25) is 21.8 Å². The lowest BCUT2D eigenvalue weighted by molar-refractivity contribution is -0.132. The molecule has 2 amide bonds. The van der Waals surface area contributed by atoms with Crippen LogP contribution < -0.4 is 4.74 Å². The molecule has 0 saturated carbocycles. The number of likely N-dealkylation sites (tertiary alicyclic amines) is 1. The largest absolute Gasteiger partial charge is 0.497 e. The number of rotatable bonds is 4. The third kappa shape index (κ3) is 4.47. The van der Waals surface area contributed by atoms with E-state index in [-0.39, 0.29) is 37.7 Å². The van der Waals surface area contributed by atoms with E-state index in [1.807, 2.05) is 24.3 Å². The minimum Gasteiger partial charge on any atom is -0.497 e. The summed E-state index contributed by atoms with van der Waals surface area (Å²) < 4.78 is 30.9. The van der Waals surface area contributed by atoms with E-state index in [1.165, 1.54) is 10.6 Å². The molecule has 0 bridgehead atoms. The van der Waals surface area contributed by atoms with Crippen molar-refractivity contribution in [2.75, 3.05) is 53.1 Å². The van der Waals surface area contributed by atoms with Crippen LogP contribution in [-0.2, 0) is 26.0 Å². The minimum atomic E-state index is -3.41. The zero-order valence-corrected chi connectivity index (χ0v) is 17.4. The van der Waals surface area contributed by atoms with Crippen LogP contribution in [0.25, 0.3) is 0 Å². The van der Waals surface area contributed by atoms with Gasteiger partial charge in [-0.05, 0) is 17.7 Å². The van der Waals surface area contributed by atoms with Crippen molar-refractivity contribution in [3.8, 4) is 5.75 Å². The van der Waals surface area contributed by atoms with E-state index in [1.54, 1.807) is 24.0 Å². The predicted molar refractivity (Wildman–Crippen MR) is 104 cm³/mol. The summed E-state index contributed by atoms with van der Waals surface area (Å²) >= 11 is 0. The Balaban J connectivity index is 1.80. The average molecular weight is 410 g/mol. The molecule has 1 aromatic rings. The van der Waals surface area contributed by atoms with Crippen LogP contribution in [0.1, 0.15) is 12.0 Å². The van der Waals surface area contributed by atoms with Gasteiger partial charge in [-0.2, -0.15) is 4.31 Å². The molecule has 0 radical (unpaired) electrons. The van der Waals surface area contributed by atoms with Crippen molar-refractivity contribution in [2.45, 2.75) is 12.8 Å². The highest BCUT2D eigenvalue weighted by molar-refractivity contribution is 7.88. The van der Waals surface area contributed by atoms with E-state index in [4.69, 9.17) is 4.74 Å². The Kier molecular flexibility index (Phi) is 5.67. The highest BCUT2D eigenvalue weighted by Crippen LogP contribution is 2.35. The fraction of sp³-hybridized carbons (Fsp3) is 0.579. The Morgan fingerprint density at radius 2 is 1.82 bits per heavy atom. The van der Waals surface area contributed by atoms with Crippen LogP contribution in [0, 0.1) is 5.41 Å². The van der Waals surface area contributed by atoms with Crippen molar-refractivity contribution < 1.29 is 22.7 Å². The normalized spacial score (nSPS) is 23.9. The summed E-state index contributed by atoms with van der Waals surface area (Å²) in [4.78, 5) is 28.5. The zero-order chi connectivity index (χ0) is 20.5. The number of hydrogen-bond donors (Lipinski definition) is 0. The summed E-state index contributed by atoms with van der Waals surface area (Å²) in [5, 5.41) is 0. The van der Waals surface area contributed by atoms with Crippen LogP contribution in [0.5, 0.6) is 5.75 Å². The maximum absolute atomic E-state index is 13.0. The molecule has 2 aliphatic rings. The number of ether oxygens (including phenoxy) is 1. The van der Waals surface area contributed by atoms with E-state index in [0.717, 1.165) is 11.3 Å². The first-order valence-electron chi connectivity index (χ1n) is 9.22. The second-order valence-electron chi connectivity index (χ2n) is 7.86. The van der Waals surface area contributed by atoms with Gasteiger partial charge in [-0.3, -0.25) is 9.59 Å². The number of nitrogens with zero attached hydrogens (tertiary/aromatic N) is 3. The van der Waals surface area contributed by atoms with Crippen molar-refractivity contribution in [3.63, 3.8) is 0 Å². The van der Waals surface area contributed by atoms with Crippen LogP contribution in [0.15, 0.2) is 24.3 Å². The van der Waals surface area contributed by atoms with Gasteiger partial charge in [0.1, 0.15) is 5.75 Å². The van der Waals surface area contributed by atoms with Crippen LogP contribution in [-0.4, -0.2) is 87.5 Å². The number of methoxy groups -OCH3 is 1. The molecular weight excluding hydrogens is 382 g/mol. The topological polar surface area (TPSA) is 87.2 Å². The fourth-order valence-electron chi connectivity index (χ4n) is 4.06. The second-order valence-corrected chi connectivity index (χ2v) is 9.85. The van der Waals surface area contributed by atoms with E-state index in [9.17, 15) is 18.0 Å². The molecule has 9 heteroatoms. The molecule has 3 rings (SSSR count). The lowest BCUT2D eigenvalue weighted by atomic mass is 9.86. The van der Waals surface area contributed by atoms with E-state index in [0.29, 0.717) is 19.6 Å². The second kappa shape index (κ2) is 7.71. The van der Waals surface area contributed by atoms with Crippen molar-refractivity contribution in [1.29, 1.82) is 0 Å². The SMILES string of the molecule is COc1ccc(CC(=O)N2CCN(S(C)(=O)=O)C[C@@]3(CC(=O)N(C)C3)C2)cc1. The Labute approximate surface area is 166 Å². The molecule has 0 aromatic heterocycles. The van der Waals surface area contributed by atoms with Gasteiger partial charge < -0.3 is 14.5 Å². The van der Waals surface area contributed by atoms with Gasteiger partial charge in [0.25, 0.3) is 0 Å². The molecule has 8 nitrogen and oxygen atoms in total. The van der Waals surface area contributed by atoms with E-state index in [2.05, 4.69) is 0 Å². The lowest BCUT2D eigenvalue weighted by Crippen LogP contribution is -2.45. The molecule has 1 aromatic carbocycles. The van der Waals surface area contributed by atoms with Gasteiger partial charge >= 0.3 is 0 Å². The number of carbonyl (C=O) groups excluding carboxylic acids is 2. The molecule has 0 unspecified atom stereocenters. The molecule has 0 aliphatic carbocycles. The first-order valence-corrected chi connectivity index (χ1v) is 11.1. The van der Waals surface area contributed by atoms with Gasteiger partial charge in [-0.1, -0.05) is 12.1 Å². The Morgan fingerprint density at radius 1 is 1.14 bits per heavy atom. The highest BCUT2D eigenvalue weighted by Gasteiger charge is 2.47. The molecule has 1 spiro atoms. The molecule has 2 saturated heterocycles. The quantitative estimate of drug-likeness (QED) is 0.709. The zero-order valence-electron chi connectivity index (χ0n) is 16.6. The summed E-state index contributed by atoms with van der Waals surface area (Å²) in [5.41, 5.74) is 0.296. The molecular formula is C19H27N3O5S. The van der Waals surface area contributed by atoms with Crippen LogP contribution in [0.3, 0.4) is 0 Å². The minimum absolute atomic E-state index is 0.0158. The summed E-state index contributed by atoms with van der Waals surface area (Å²) in [6.07, 6.45) is 1.65. The van der Waals surface area contributed by atoms with Gasteiger partial charge in [0.15, 0.2) is 0 Å². The van der Waals surface area contributed by atoms with Crippen LogP contribution in [0.2, 0.25) is 0 Å². The van der Waals surface area contributed by atoms with Crippen molar-refractivity contribution >= 4 is 21.8 Å². The fourth-order valence-corrected chi connectivity index (χ4v) is 4.98. The highest BCUT2D eigenvalue weighted by atomic mass is 32.2. The van der Waals surface area contributed by atoms with Gasteiger partial charge in [-0.25, -0.2) is 8.42 Å². The predicted octanol–water partition coefficient (Wildman–Crippen LogP) is 0.190. The average Bonchev–Trinajstić information content (AvgIpc) is 2.79.